The lowest BCUT2D eigenvalue weighted by atomic mass is 10.0. The number of halogens is 1. The van der Waals surface area contributed by atoms with E-state index in [1.54, 1.807) is 42.5 Å². The van der Waals surface area contributed by atoms with E-state index in [1.807, 2.05) is 62.4 Å². The summed E-state index contributed by atoms with van der Waals surface area (Å²) >= 11 is 0. The molecule has 0 unspecified atom stereocenters. The molecule has 42 heavy (non-hydrogen) atoms. The van der Waals surface area contributed by atoms with E-state index in [9.17, 15) is 22.4 Å². The molecule has 4 rings (SSSR count). The number of amides is 2. The van der Waals surface area contributed by atoms with Crippen LogP contribution in [0.25, 0.3) is 10.8 Å². The highest BCUT2D eigenvalue weighted by molar-refractivity contribution is 7.92. The second-order valence-corrected chi connectivity index (χ2v) is 12.6. The van der Waals surface area contributed by atoms with Crippen LogP contribution in [0.5, 0.6) is 0 Å². The molecule has 0 saturated carbocycles. The smallest absolute Gasteiger partial charge is 0.244 e. The Kier molecular flexibility index (Phi) is 9.96. The van der Waals surface area contributed by atoms with Crippen molar-refractivity contribution in [2.24, 2.45) is 5.92 Å². The minimum Gasteiger partial charge on any atom is -0.354 e. The number of carbonyl (C=O) groups excluding carboxylic acids is 2. The van der Waals surface area contributed by atoms with Gasteiger partial charge in [-0.25, -0.2) is 12.8 Å². The molecule has 7 nitrogen and oxygen atoms in total. The average molecular weight is 590 g/mol. The fraction of sp³-hybridized carbons (Fsp3) is 0.273. The first kappa shape index (κ1) is 30.7. The van der Waals surface area contributed by atoms with E-state index in [4.69, 9.17) is 0 Å². The van der Waals surface area contributed by atoms with Gasteiger partial charge >= 0.3 is 0 Å². The predicted octanol–water partition coefficient (Wildman–Crippen LogP) is 5.16. The van der Waals surface area contributed by atoms with Crippen LogP contribution < -0.4 is 9.62 Å². The van der Waals surface area contributed by atoms with Gasteiger partial charge in [-0.05, 0) is 29.0 Å². The molecule has 0 bridgehead atoms. The highest BCUT2D eigenvalue weighted by Gasteiger charge is 2.33. The SMILES string of the molecule is CC(C)CNC(=O)[C@H](Cc1ccccc1)N(Cc1ccccc1F)C(=O)CN(c1cccc2ccccc12)S(C)(=O)=O. The highest BCUT2D eigenvalue weighted by Crippen LogP contribution is 2.29. The Labute approximate surface area is 247 Å². The molecule has 0 aliphatic rings. The van der Waals surface area contributed by atoms with Crippen molar-refractivity contribution in [2.75, 3.05) is 23.7 Å². The highest BCUT2D eigenvalue weighted by atomic mass is 32.2. The van der Waals surface area contributed by atoms with Crippen LogP contribution in [0.15, 0.2) is 97.1 Å². The van der Waals surface area contributed by atoms with Gasteiger partial charge in [0.15, 0.2) is 0 Å². The molecule has 0 fully saturated rings. The third-order valence-corrected chi connectivity index (χ3v) is 8.10. The summed E-state index contributed by atoms with van der Waals surface area (Å²) in [6.07, 6.45) is 1.21. The van der Waals surface area contributed by atoms with Crippen molar-refractivity contribution in [3.05, 3.63) is 114 Å². The molecule has 4 aromatic rings. The van der Waals surface area contributed by atoms with Crippen molar-refractivity contribution in [2.45, 2.75) is 32.9 Å². The van der Waals surface area contributed by atoms with Crippen molar-refractivity contribution < 1.29 is 22.4 Å². The second kappa shape index (κ2) is 13.6. The Morgan fingerprint density at radius 3 is 2.19 bits per heavy atom. The zero-order valence-electron chi connectivity index (χ0n) is 24.0. The molecule has 4 aromatic carbocycles. The zero-order chi connectivity index (χ0) is 30.3. The Balaban J connectivity index is 1.78. The maximum atomic E-state index is 14.9. The minimum absolute atomic E-state index is 0.161. The van der Waals surface area contributed by atoms with Crippen LogP contribution in [0.4, 0.5) is 10.1 Å². The van der Waals surface area contributed by atoms with Gasteiger partial charge in [-0.2, -0.15) is 0 Å². The van der Waals surface area contributed by atoms with Gasteiger partial charge < -0.3 is 10.2 Å². The second-order valence-electron chi connectivity index (χ2n) is 10.7. The molecule has 2 amide bonds. The normalized spacial score (nSPS) is 12.2. The number of benzene rings is 4. The number of carbonyl (C=O) groups is 2. The largest absolute Gasteiger partial charge is 0.354 e. The summed E-state index contributed by atoms with van der Waals surface area (Å²) < 4.78 is 42.2. The van der Waals surface area contributed by atoms with Gasteiger partial charge in [0.1, 0.15) is 18.4 Å². The molecular formula is C33H36FN3O4S. The lowest BCUT2D eigenvalue weighted by molar-refractivity contribution is -0.140. The summed E-state index contributed by atoms with van der Waals surface area (Å²) in [5.41, 5.74) is 1.37. The molecule has 0 saturated heterocycles. The first-order chi connectivity index (χ1) is 20.0. The Hall–Kier alpha value is -4.24. The van der Waals surface area contributed by atoms with E-state index in [1.165, 1.54) is 11.0 Å². The maximum absolute atomic E-state index is 14.9. The van der Waals surface area contributed by atoms with Gasteiger partial charge in [0.2, 0.25) is 21.8 Å². The van der Waals surface area contributed by atoms with E-state index in [0.717, 1.165) is 21.5 Å². The number of hydrogen-bond donors (Lipinski definition) is 1. The molecule has 220 valence electrons. The van der Waals surface area contributed by atoms with Gasteiger partial charge in [-0.3, -0.25) is 13.9 Å². The molecule has 9 heteroatoms. The number of nitrogens with one attached hydrogen (secondary N) is 1. The fourth-order valence-electron chi connectivity index (χ4n) is 4.81. The summed E-state index contributed by atoms with van der Waals surface area (Å²) in [6.45, 7) is 3.53. The summed E-state index contributed by atoms with van der Waals surface area (Å²) in [5, 5.41) is 4.39. The zero-order valence-corrected chi connectivity index (χ0v) is 24.9. The van der Waals surface area contributed by atoms with Crippen LogP contribution in [0, 0.1) is 11.7 Å². The monoisotopic (exact) mass is 589 g/mol. The summed E-state index contributed by atoms with van der Waals surface area (Å²) in [7, 11) is -3.93. The van der Waals surface area contributed by atoms with Gasteiger partial charge in [0.05, 0.1) is 11.9 Å². The number of nitrogens with zero attached hydrogens (tertiary/aromatic N) is 2. The maximum Gasteiger partial charge on any atom is 0.244 e. The van der Waals surface area contributed by atoms with Crippen LogP contribution in [0.2, 0.25) is 0 Å². The summed E-state index contributed by atoms with van der Waals surface area (Å²) in [6, 6.07) is 26.8. The first-order valence-corrected chi connectivity index (χ1v) is 15.7. The van der Waals surface area contributed by atoms with Crippen molar-refractivity contribution in [1.82, 2.24) is 10.2 Å². The third-order valence-electron chi connectivity index (χ3n) is 6.97. The van der Waals surface area contributed by atoms with Crippen molar-refractivity contribution in [3.63, 3.8) is 0 Å². The number of anilines is 1. The Morgan fingerprint density at radius 2 is 1.50 bits per heavy atom. The number of sulfonamides is 1. The van der Waals surface area contributed by atoms with Gasteiger partial charge in [0, 0.05) is 30.5 Å². The molecule has 1 N–H and O–H groups in total. The van der Waals surface area contributed by atoms with Crippen LogP contribution in [0.3, 0.4) is 0 Å². The van der Waals surface area contributed by atoms with E-state index in [2.05, 4.69) is 5.32 Å². The van der Waals surface area contributed by atoms with Crippen LogP contribution in [-0.4, -0.2) is 50.5 Å². The number of hydrogen-bond acceptors (Lipinski definition) is 4. The van der Waals surface area contributed by atoms with Crippen molar-refractivity contribution >= 4 is 38.3 Å². The van der Waals surface area contributed by atoms with Gasteiger partial charge in [-0.1, -0.05) is 98.8 Å². The molecule has 0 aliphatic carbocycles. The van der Waals surface area contributed by atoms with E-state index in [-0.39, 0.29) is 24.4 Å². The molecule has 1 atom stereocenters. The molecule has 0 aliphatic heterocycles. The molecule has 0 aromatic heterocycles. The summed E-state index contributed by atoms with van der Waals surface area (Å²) in [5.74, 6) is -1.38. The quantitative estimate of drug-likeness (QED) is 0.248. The predicted molar refractivity (Wildman–Crippen MR) is 165 cm³/mol. The topological polar surface area (TPSA) is 86.8 Å². The summed E-state index contributed by atoms with van der Waals surface area (Å²) in [4.78, 5) is 29.2. The van der Waals surface area contributed by atoms with E-state index >= 15 is 0 Å². The van der Waals surface area contributed by atoms with Crippen LogP contribution in [-0.2, 0) is 32.6 Å². The van der Waals surface area contributed by atoms with Crippen LogP contribution >= 0.6 is 0 Å². The molecule has 0 heterocycles. The number of fused-ring (bicyclic) bond motifs is 1. The Morgan fingerprint density at radius 1 is 0.857 bits per heavy atom. The minimum atomic E-state index is -3.93. The average Bonchev–Trinajstić information content (AvgIpc) is 2.97. The first-order valence-electron chi connectivity index (χ1n) is 13.8. The van der Waals surface area contributed by atoms with Crippen LogP contribution in [0.1, 0.15) is 25.0 Å². The van der Waals surface area contributed by atoms with Crippen molar-refractivity contribution in [1.29, 1.82) is 0 Å². The lowest BCUT2D eigenvalue weighted by Crippen LogP contribution is -2.53. The van der Waals surface area contributed by atoms with E-state index in [0.29, 0.717) is 17.6 Å². The molecule has 0 spiro atoms. The van der Waals surface area contributed by atoms with Gasteiger partial charge in [0.25, 0.3) is 0 Å². The van der Waals surface area contributed by atoms with Gasteiger partial charge in [-0.15, -0.1) is 0 Å². The third kappa shape index (κ3) is 7.73. The molecule has 0 radical (unpaired) electrons. The number of rotatable bonds is 12. The standard InChI is InChI=1S/C33H36FN3O4S/c1-24(2)21-35-33(39)31(20-25-12-5-4-6-13-25)36(22-27-15-8-10-18-29(27)34)32(38)23-37(42(3,40)41)30-19-11-16-26-14-7-9-17-28(26)30/h4-19,24,31H,20-23H2,1-3H3,(H,35,39)/t31-/m0/s1. The van der Waals surface area contributed by atoms with E-state index < -0.39 is 40.2 Å². The molecular weight excluding hydrogens is 553 g/mol. The fourth-order valence-corrected chi connectivity index (χ4v) is 5.67. The van der Waals surface area contributed by atoms with Crippen molar-refractivity contribution in [3.8, 4) is 0 Å². The Bertz CT molecular complexity index is 1640. The lowest BCUT2D eigenvalue weighted by Gasteiger charge is -2.34.